The standard InChI is InChI=1S/C24H28N2O5/c25-11-5-1-2-8-21(27)26-19-13-15-6-3-4-7-17(15)18(19)12-16-9-10-20-23(31-14-30-20)22(16)24(28)29/h3-4,6-7,9-10,18-19H,1-2,5,8,11-14,25H2,(H,26,27)(H,28,29)/t18-,19-/m0/s1. The monoisotopic (exact) mass is 424 g/mol. The molecule has 7 heteroatoms. The van der Waals surface area contributed by atoms with Crippen LogP contribution in [0, 0.1) is 0 Å². The minimum Gasteiger partial charge on any atom is -0.478 e. The first-order chi connectivity index (χ1) is 15.1. The summed E-state index contributed by atoms with van der Waals surface area (Å²) in [7, 11) is 0. The quantitative estimate of drug-likeness (QED) is 0.534. The van der Waals surface area contributed by atoms with Crippen molar-refractivity contribution in [2.24, 2.45) is 5.73 Å². The van der Waals surface area contributed by atoms with Crippen molar-refractivity contribution >= 4 is 11.9 Å². The van der Waals surface area contributed by atoms with Gasteiger partial charge in [0.25, 0.3) is 0 Å². The van der Waals surface area contributed by atoms with E-state index in [4.69, 9.17) is 15.2 Å². The zero-order valence-electron chi connectivity index (χ0n) is 17.4. The van der Waals surface area contributed by atoms with Gasteiger partial charge in [-0.15, -0.1) is 0 Å². The van der Waals surface area contributed by atoms with Gasteiger partial charge >= 0.3 is 5.97 Å². The number of ether oxygens (including phenoxy) is 2. The smallest absolute Gasteiger partial charge is 0.339 e. The Balaban J connectivity index is 1.56. The molecule has 1 amide bonds. The van der Waals surface area contributed by atoms with E-state index < -0.39 is 5.97 Å². The van der Waals surface area contributed by atoms with Crippen molar-refractivity contribution in [2.45, 2.75) is 50.5 Å². The van der Waals surface area contributed by atoms with Crippen molar-refractivity contribution < 1.29 is 24.2 Å². The van der Waals surface area contributed by atoms with Gasteiger partial charge in [0.05, 0.1) is 0 Å². The topological polar surface area (TPSA) is 111 Å². The average Bonchev–Trinajstić information content (AvgIpc) is 3.36. The zero-order chi connectivity index (χ0) is 21.8. The Kier molecular flexibility index (Phi) is 6.42. The number of amides is 1. The van der Waals surface area contributed by atoms with Gasteiger partial charge in [-0.25, -0.2) is 4.79 Å². The molecule has 1 aliphatic carbocycles. The van der Waals surface area contributed by atoms with Crippen LogP contribution in [-0.2, 0) is 17.6 Å². The summed E-state index contributed by atoms with van der Waals surface area (Å²) in [5.41, 5.74) is 8.70. The van der Waals surface area contributed by atoms with Crippen LogP contribution in [0.3, 0.4) is 0 Å². The molecule has 1 aliphatic heterocycles. The lowest BCUT2D eigenvalue weighted by molar-refractivity contribution is -0.122. The first-order valence-corrected chi connectivity index (χ1v) is 10.8. The molecule has 164 valence electrons. The van der Waals surface area contributed by atoms with Crippen LogP contribution in [-0.4, -0.2) is 36.4 Å². The van der Waals surface area contributed by atoms with Gasteiger partial charge in [0.2, 0.25) is 12.7 Å². The molecular weight excluding hydrogens is 396 g/mol. The maximum absolute atomic E-state index is 12.6. The predicted octanol–water partition coefficient (Wildman–Crippen LogP) is 3.00. The second-order valence-corrected chi connectivity index (χ2v) is 8.13. The lowest BCUT2D eigenvalue weighted by Crippen LogP contribution is -2.38. The van der Waals surface area contributed by atoms with E-state index in [9.17, 15) is 14.7 Å². The Bertz CT molecular complexity index is 974. The first-order valence-electron chi connectivity index (χ1n) is 10.8. The molecule has 0 bridgehead atoms. The van der Waals surface area contributed by atoms with E-state index in [1.807, 2.05) is 12.1 Å². The number of benzene rings is 2. The normalized spacial score (nSPS) is 18.6. The highest BCUT2D eigenvalue weighted by atomic mass is 16.7. The Morgan fingerprint density at radius 2 is 1.94 bits per heavy atom. The number of nitrogens with two attached hydrogens (primary N) is 1. The number of carboxylic acids is 1. The summed E-state index contributed by atoms with van der Waals surface area (Å²) in [4.78, 5) is 24.6. The van der Waals surface area contributed by atoms with E-state index >= 15 is 0 Å². The fraction of sp³-hybridized carbons (Fsp3) is 0.417. The molecule has 2 aliphatic rings. The minimum absolute atomic E-state index is 0.0114. The van der Waals surface area contributed by atoms with Crippen LogP contribution in [0.4, 0.5) is 0 Å². The lowest BCUT2D eigenvalue weighted by atomic mass is 9.88. The third-order valence-corrected chi connectivity index (χ3v) is 6.11. The molecule has 7 nitrogen and oxygen atoms in total. The predicted molar refractivity (Wildman–Crippen MR) is 116 cm³/mol. The summed E-state index contributed by atoms with van der Waals surface area (Å²) in [5.74, 6) is -0.275. The highest BCUT2D eigenvalue weighted by molar-refractivity contribution is 5.94. The highest BCUT2D eigenvalue weighted by Crippen LogP contribution is 2.41. The number of fused-ring (bicyclic) bond motifs is 2. The number of nitrogens with one attached hydrogen (secondary N) is 1. The first kappa shape index (κ1) is 21.2. The summed E-state index contributed by atoms with van der Waals surface area (Å²) < 4.78 is 10.8. The molecule has 0 saturated carbocycles. The molecule has 0 aromatic heterocycles. The highest BCUT2D eigenvalue weighted by Gasteiger charge is 2.35. The van der Waals surface area contributed by atoms with Gasteiger partial charge in [-0.3, -0.25) is 4.79 Å². The van der Waals surface area contributed by atoms with Crippen molar-refractivity contribution in [1.29, 1.82) is 0 Å². The third-order valence-electron chi connectivity index (χ3n) is 6.11. The van der Waals surface area contributed by atoms with Gasteiger partial charge in [-0.1, -0.05) is 36.8 Å². The summed E-state index contributed by atoms with van der Waals surface area (Å²) in [6, 6.07) is 11.6. The second-order valence-electron chi connectivity index (χ2n) is 8.13. The number of carboxylic acid groups (broad SMARTS) is 1. The largest absolute Gasteiger partial charge is 0.478 e. The number of rotatable bonds is 9. The van der Waals surface area contributed by atoms with Crippen LogP contribution >= 0.6 is 0 Å². The Morgan fingerprint density at radius 3 is 2.74 bits per heavy atom. The Morgan fingerprint density at radius 1 is 1.10 bits per heavy atom. The maximum atomic E-state index is 12.6. The van der Waals surface area contributed by atoms with Gasteiger partial charge in [-0.05, 0) is 55.0 Å². The molecule has 1 heterocycles. The molecule has 2 aromatic rings. The van der Waals surface area contributed by atoms with Gasteiger partial charge < -0.3 is 25.6 Å². The fourth-order valence-electron chi connectivity index (χ4n) is 4.62. The van der Waals surface area contributed by atoms with Gasteiger partial charge in [0.15, 0.2) is 11.5 Å². The minimum atomic E-state index is -1.04. The summed E-state index contributed by atoms with van der Waals surface area (Å²) >= 11 is 0. The molecule has 4 rings (SSSR count). The van der Waals surface area contributed by atoms with Crippen molar-refractivity contribution in [3.8, 4) is 11.5 Å². The van der Waals surface area contributed by atoms with Crippen LogP contribution < -0.4 is 20.5 Å². The molecule has 31 heavy (non-hydrogen) atoms. The molecule has 0 saturated heterocycles. The molecular formula is C24H28N2O5. The zero-order valence-corrected chi connectivity index (χ0v) is 17.4. The number of unbranched alkanes of at least 4 members (excludes halogenated alkanes) is 2. The molecule has 0 spiro atoms. The number of carbonyl (C=O) groups excluding carboxylic acids is 1. The number of hydrogen-bond acceptors (Lipinski definition) is 5. The van der Waals surface area contributed by atoms with Crippen molar-refractivity contribution in [2.75, 3.05) is 13.3 Å². The van der Waals surface area contributed by atoms with Crippen LogP contribution in [0.25, 0.3) is 0 Å². The SMILES string of the molecule is NCCCCCC(=O)N[C@H]1Cc2ccccc2[C@@H]1Cc1ccc2c(c1C(=O)O)OCO2. The summed E-state index contributed by atoms with van der Waals surface area (Å²) in [6.07, 6.45) is 4.39. The number of aromatic carboxylic acids is 1. The van der Waals surface area contributed by atoms with Crippen LogP contribution in [0.5, 0.6) is 11.5 Å². The molecule has 2 aromatic carbocycles. The second kappa shape index (κ2) is 9.39. The number of hydrogen-bond donors (Lipinski definition) is 3. The van der Waals surface area contributed by atoms with E-state index in [2.05, 4.69) is 17.4 Å². The van der Waals surface area contributed by atoms with Crippen LogP contribution in [0.15, 0.2) is 36.4 Å². The van der Waals surface area contributed by atoms with E-state index in [1.54, 1.807) is 12.1 Å². The van der Waals surface area contributed by atoms with Gasteiger partial charge in [0, 0.05) is 18.4 Å². The van der Waals surface area contributed by atoms with Crippen LogP contribution in [0.1, 0.15) is 58.6 Å². The lowest BCUT2D eigenvalue weighted by Gasteiger charge is -2.23. The summed E-state index contributed by atoms with van der Waals surface area (Å²) in [5, 5.41) is 13.0. The van der Waals surface area contributed by atoms with Crippen molar-refractivity contribution in [3.05, 3.63) is 58.7 Å². The number of carbonyl (C=O) groups is 2. The van der Waals surface area contributed by atoms with E-state index in [0.29, 0.717) is 30.7 Å². The average molecular weight is 424 g/mol. The van der Waals surface area contributed by atoms with E-state index in [-0.39, 0.29) is 36.0 Å². The van der Waals surface area contributed by atoms with E-state index in [1.165, 1.54) is 5.56 Å². The molecule has 4 N–H and O–H groups in total. The van der Waals surface area contributed by atoms with Gasteiger partial charge in [0.1, 0.15) is 5.56 Å². The van der Waals surface area contributed by atoms with E-state index in [0.717, 1.165) is 31.2 Å². The third kappa shape index (κ3) is 4.51. The fourth-order valence-corrected chi connectivity index (χ4v) is 4.62. The molecule has 0 radical (unpaired) electrons. The molecule has 0 fully saturated rings. The van der Waals surface area contributed by atoms with Gasteiger partial charge in [-0.2, -0.15) is 0 Å². The molecule has 2 atom stereocenters. The Labute approximate surface area is 181 Å². The van der Waals surface area contributed by atoms with Crippen molar-refractivity contribution in [3.63, 3.8) is 0 Å². The summed E-state index contributed by atoms with van der Waals surface area (Å²) in [6.45, 7) is 0.664. The molecule has 0 unspecified atom stereocenters. The van der Waals surface area contributed by atoms with Crippen LogP contribution in [0.2, 0.25) is 0 Å². The Hall–Kier alpha value is -3.06. The maximum Gasteiger partial charge on any atom is 0.339 e. The van der Waals surface area contributed by atoms with Crippen molar-refractivity contribution in [1.82, 2.24) is 5.32 Å².